The summed E-state index contributed by atoms with van der Waals surface area (Å²) in [6.07, 6.45) is 6.39. The highest BCUT2D eigenvalue weighted by molar-refractivity contribution is 5.84. The fraction of sp³-hybridized carbons (Fsp3) is 0.227. The van der Waals surface area contributed by atoms with Gasteiger partial charge in [0.1, 0.15) is 12.7 Å². The third kappa shape index (κ3) is 3.53. The molecule has 2 aromatic carbocycles. The number of carbonyl (C=O) groups excluding carboxylic acids is 1. The molecule has 28 heavy (non-hydrogen) atoms. The van der Waals surface area contributed by atoms with E-state index in [1.165, 1.54) is 17.3 Å². The Bertz CT molecular complexity index is 1070. The van der Waals surface area contributed by atoms with Crippen molar-refractivity contribution in [2.75, 3.05) is 7.05 Å². The molecular formula is C22H23N5O. The Labute approximate surface area is 163 Å². The summed E-state index contributed by atoms with van der Waals surface area (Å²) in [6.45, 7) is 2.05. The Morgan fingerprint density at radius 2 is 1.96 bits per heavy atom. The number of para-hydroxylation sites is 1. The van der Waals surface area contributed by atoms with Crippen molar-refractivity contribution < 1.29 is 4.79 Å². The predicted molar refractivity (Wildman–Crippen MR) is 109 cm³/mol. The summed E-state index contributed by atoms with van der Waals surface area (Å²) in [5.41, 5.74) is 4.33. The zero-order chi connectivity index (χ0) is 19.5. The number of amides is 1. The van der Waals surface area contributed by atoms with Gasteiger partial charge in [-0.25, -0.2) is 9.67 Å². The van der Waals surface area contributed by atoms with Crippen LogP contribution < -0.4 is 0 Å². The smallest absolute Gasteiger partial charge is 0.223 e. The second-order valence-corrected chi connectivity index (χ2v) is 6.97. The third-order valence-corrected chi connectivity index (χ3v) is 5.32. The minimum Gasteiger partial charge on any atom is -0.361 e. The Morgan fingerprint density at radius 1 is 1.18 bits per heavy atom. The lowest BCUT2D eigenvalue weighted by Crippen LogP contribution is -2.29. The number of nitrogens with one attached hydrogen (secondary N) is 1. The van der Waals surface area contributed by atoms with Gasteiger partial charge in [-0.05, 0) is 42.7 Å². The number of aromatic nitrogens is 4. The molecule has 6 nitrogen and oxygen atoms in total. The van der Waals surface area contributed by atoms with Gasteiger partial charge >= 0.3 is 0 Å². The lowest BCUT2D eigenvalue weighted by atomic mass is 10.0. The number of fused-ring (bicyclic) bond motifs is 1. The van der Waals surface area contributed by atoms with Crippen LogP contribution in [0.5, 0.6) is 0 Å². The predicted octanol–water partition coefficient (Wildman–Crippen LogP) is 3.90. The van der Waals surface area contributed by atoms with Gasteiger partial charge in [-0.2, -0.15) is 5.10 Å². The maximum Gasteiger partial charge on any atom is 0.223 e. The molecule has 0 saturated heterocycles. The van der Waals surface area contributed by atoms with Crippen molar-refractivity contribution in [1.82, 2.24) is 24.6 Å². The van der Waals surface area contributed by atoms with Gasteiger partial charge in [0.05, 0.1) is 11.7 Å². The van der Waals surface area contributed by atoms with Crippen LogP contribution in [0.25, 0.3) is 16.6 Å². The largest absolute Gasteiger partial charge is 0.361 e. The first-order valence-corrected chi connectivity index (χ1v) is 9.39. The number of aromatic amines is 1. The van der Waals surface area contributed by atoms with Crippen LogP contribution in [0.2, 0.25) is 0 Å². The van der Waals surface area contributed by atoms with Gasteiger partial charge in [-0.1, -0.05) is 30.3 Å². The molecule has 0 unspecified atom stereocenters. The number of hydrogen-bond acceptors (Lipinski definition) is 3. The van der Waals surface area contributed by atoms with E-state index >= 15 is 0 Å². The van der Waals surface area contributed by atoms with E-state index in [0.29, 0.717) is 6.42 Å². The van der Waals surface area contributed by atoms with Crippen LogP contribution in [-0.4, -0.2) is 37.6 Å². The van der Waals surface area contributed by atoms with Gasteiger partial charge < -0.3 is 9.88 Å². The molecule has 4 aromatic rings. The van der Waals surface area contributed by atoms with Crippen molar-refractivity contribution in [3.05, 3.63) is 78.5 Å². The minimum absolute atomic E-state index is 0.000246. The highest BCUT2D eigenvalue weighted by Gasteiger charge is 2.18. The fourth-order valence-corrected chi connectivity index (χ4v) is 3.44. The number of carbonyl (C=O) groups is 1. The fourth-order valence-electron chi connectivity index (χ4n) is 3.44. The van der Waals surface area contributed by atoms with Crippen LogP contribution in [0.1, 0.15) is 30.5 Å². The Balaban J connectivity index is 1.40. The van der Waals surface area contributed by atoms with Gasteiger partial charge in [0.25, 0.3) is 0 Å². The number of hydrogen-bond donors (Lipinski definition) is 1. The molecule has 1 atom stereocenters. The molecule has 1 amide bonds. The number of rotatable bonds is 6. The van der Waals surface area contributed by atoms with Crippen molar-refractivity contribution in [3.63, 3.8) is 0 Å². The van der Waals surface area contributed by atoms with E-state index in [1.54, 1.807) is 11.0 Å². The van der Waals surface area contributed by atoms with E-state index in [1.807, 2.05) is 61.5 Å². The van der Waals surface area contributed by atoms with Crippen LogP contribution >= 0.6 is 0 Å². The molecule has 0 saturated carbocycles. The summed E-state index contributed by atoms with van der Waals surface area (Å²) in [5, 5.41) is 5.32. The molecule has 4 rings (SSSR count). The number of benzene rings is 2. The standard InChI is InChI=1S/C22H23N5O/c1-16(17-7-10-19(11-8-17)27-15-23-14-25-27)26(2)22(28)12-9-18-13-24-21-6-4-3-5-20(18)21/h3-8,10-11,13-16,24H,9,12H2,1-2H3/t16-/m1/s1. The molecule has 142 valence electrons. The van der Waals surface area contributed by atoms with Crippen LogP contribution in [0.4, 0.5) is 0 Å². The number of nitrogens with zero attached hydrogens (tertiary/aromatic N) is 4. The van der Waals surface area contributed by atoms with Gasteiger partial charge in [0, 0.05) is 30.6 Å². The summed E-state index contributed by atoms with van der Waals surface area (Å²) in [7, 11) is 1.87. The van der Waals surface area contributed by atoms with Crippen LogP contribution in [0.3, 0.4) is 0 Å². The summed E-state index contributed by atoms with van der Waals surface area (Å²) < 4.78 is 1.71. The Hall–Kier alpha value is -3.41. The van der Waals surface area contributed by atoms with Crippen molar-refractivity contribution >= 4 is 16.8 Å². The quantitative estimate of drug-likeness (QED) is 0.557. The van der Waals surface area contributed by atoms with Crippen molar-refractivity contribution in [1.29, 1.82) is 0 Å². The highest BCUT2D eigenvalue weighted by Crippen LogP contribution is 2.23. The summed E-state index contributed by atoms with van der Waals surface area (Å²) >= 11 is 0. The summed E-state index contributed by atoms with van der Waals surface area (Å²) in [5.74, 6) is 0.137. The molecule has 0 aliphatic carbocycles. The molecule has 0 fully saturated rings. The number of H-pyrrole nitrogens is 1. The summed E-state index contributed by atoms with van der Waals surface area (Å²) in [6, 6.07) is 16.2. The Morgan fingerprint density at radius 3 is 2.71 bits per heavy atom. The number of aryl methyl sites for hydroxylation is 1. The first-order chi connectivity index (χ1) is 13.6. The van der Waals surface area contributed by atoms with E-state index < -0.39 is 0 Å². The highest BCUT2D eigenvalue weighted by atomic mass is 16.2. The topological polar surface area (TPSA) is 66.8 Å². The zero-order valence-electron chi connectivity index (χ0n) is 16.0. The molecule has 2 heterocycles. The van der Waals surface area contributed by atoms with Crippen molar-refractivity contribution in [2.45, 2.75) is 25.8 Å². The van der Waals surface area contributed by atoms with Crippen LogP contribution in [0.15, 0.2) is 67.4 Å². The molecule has 0 aliphatic heterocycles. The van der Waals surface area contributed by atoms with Crippen molar-refractivity contribution in [2.24, 2.45) is 0 Å². The van der Waals surface area contributed by atoms with E-state index in [0.717, 1.165) is 23.2 Å². The monoisotopic (exact) mass is 373 g/mol. The third-order valence-electron chi connectivity index (χ3n) is 5.32. The van der Waals surface area contributed by atoms with Crippen molar-refractivity contribution in [3.8, 4) is 5.69 Å². The first kappa shape index (κ1) is 18.0. The maximum absolute atomic E-state index is 12.7. The lowest BCUT2D eigenvalue weighted by molar-refractivity contribution is -0.131. The van der Waals surface area contributed by atoms with Crippen LogP contribution in [-0.2, 0) is 11.2 Å². The first-order valence-electron chi connectivity index (χ1n) is 9.39. The van der Waals surface area contributed by atoms with Gasteiger partial charge in [0.15, 0.2) is 0 Å². The molecule has 0 radical (unpaired) electrons. The molecule has 1 N–H and O–H groups in total. The van der Waals surface area contributed by atoms with E-state index in [4.69, 9.17) is 0 Å². The normalized spacial score (nSPS) is 12.2. The van der Waals surface area contributed by atoms with Gasteiger partial charge in [0.2, 0.25) is 5.91 Å². The molecule has 6 heteroatoms. The molecule has 0 aliphatic rings. The van der Waals surface area contributed by atoms with E-state index in [2.05, 4.69) is 27.2 Å². The SMILES string of the molecule is C[C@H](c1ccc(-n2cncn2)cc1)N(C)C(=O)CCc1c[nH]c2ccccc12. The molecule has 2 aromatic heterocycles. The van der Waals surface area contributed by atoms with E-state index in [-0.39, 0.29) is 11.9 Å². The van der Waals surface area contributed by atoms with Crippen LogP contribution in [0, 0.1) is 0 Å². The maximum atomic E-state index is 12.7. The molecule has 0 bridgehead atoms. The Kier molecular flexibility index (Phi) is 4.93. The van der Waals surface area contributed by atoms with Gasteiger partial charge in [-0.3, -0.25) is 4.79 Å². The molecular weight excluding hydrogens is 350 g/mol. The second kappa shape index (κ2) is 7.68. The lowest BCUT2D eigenvalue weighted by Gasteiger charge is -2.25. The second-order valence-electron chi connectivity index (χ2n) is 6.97. The minimum atomic E-state index is 0.000246. The average Bonchev–Trinajstić information content (AvgIpc) is 3.41. The zero-order valence-corrected chi connectivity index (χ0v) is 16.0. The van der Waals surface area contributed by atoms with Gasteiger partial charge in [-0.15, -0.1) is 0 Å². The molecule has 0 spiro atoms. The summed E-state index contributed by atoms with van der Waals surface area (Å²) in [4.78, 5) is 21.8. The van der Waals surface area contributed by atoms with E-state index in [9.17, 15) is 4.79 Å². The average molecular weight is 373 g/mol.